The van der Waals surface area contributed by atoms with E-state index >= 15 is 0 Å². The molecule has 3 aromatic rings. The fraction of sp³-hybridized carbons (Fsp3) is 0.211. The van der Waals surface area contributed by atoms with Gasteiger partial charge in [0.15, 0.2) is 0 Å². The van der Waals surface area contributed by atoms with E-state index in [1.807, 2.05) is 42.1 Å². The molecule has 25 heavy (non-hydrogen) atoms. The second-order valence-electron chi connectivity index (χ2n) is 5.82. The smallest absolute Gasteiger partial charge is 0.255 e. The molecule has 2 N–H and O–H groups in total. The molecule has 0 spiro atoms. The maximum absolute atomic E-state index is 12.4. The van der Waals surface area contributed by atoms with E-state index in [4.69, 9.17) is 16.3 Å². The predicted molar refractivity (Wildman–Crippen MR) is 98.2 cm³/mol. The van der Waals surface area contributed by atoms with E-state index in [9.17, 15) is 9.90 Å². The van der Waals surface area contributed by atoms with Gasteiger partial charge < -0.3 is 19.7 Å². The Morgan fingerprint density at radius 1 is 1.28 bits per heavy atom. The molecule has 0 saturated heterocycles. The number of halogens is 1. The molecule has 0 aliphatic rings. The number of hydrogen-bond donors (Lipinski definition) is 2. The molecule has 1 aromatic heterocycles. The number of hydrogen-bond acceptors (Lipinski definition) is 3. The maximum Gasteiger partial charge on any atom is 0.255 e. The van der Waals surface area contributed by atoms with E-state index < -0.39 is 6.10 Å². The van der Waals surface area contributed by atoms with Crippen LogP contribution in [-0.2, 0) is 7.05 Å². The molecule has 0 fully saturated rings. The first-order valence-electron chi connectivity index (χ1n) is 7.84. The highest BCUT2D eigenvalue weighted by molar-refractivity contribution is 6.31. The van der Waals surface area contributed by atoms with Crippen LogP contribution in [0.3, 0.4) is 0 Å². The van der Waals surface area contributed by atoms with Gasteiger partial charge in [-0.2, -0.15) is 0 Å². The number of benzene rings is 2. The summed E-state index contributed by atoms with van der Waals surface area (Å²) in [5.74, 6) is 0.0845. The number of amides is 1. The number of methoxy groups -OCH3 is 1. The lowest BCUT2D eigenvalue weighted by molar-refractivity contribution is 0.0913. The average Bonchev–Trinajstić information content (AvgIpc) is 2.99. The number of aliphatic hydroxyl groups excluding tert-OH is 1. The summed E-state index contributed by atoms with van der Waals surface area (Å²) in [6.45, 7) is 0.0901. The minimum Gasteiger partial charge on any atom is -0.496 e. The molecular formula is C19H19ClN2O3. The summed E-state index contributed by atoms with van der Waals surface area (Å²) in [5.41, 5.74) is 2.17. The van der Waals surface area contributed by atoms with Crippen LogP contribution in [0.5, 0.6) is 5.75 Å². The number of aliphatic hydroxyl groups is 1. The standard InChI is InChI=1S/C19H19ClN2O3/c1-22-8-7-12-9-13(3-5-16(12)22)17(23)11-21-19(24)15-10-14(20)4-6-18(15)25-2/h3-10,17,23H,11H2,1-2H3,(H,21,24). The number of rotatable bonds is 5. The first kappa shape index (κ1) is 17.3. The van der Waals surface area contributed by atoms with E-state index in [-0.39, 0.29) is 12.5 Å². The lowest BCUT2D eigenvalue weighted by Crippen LogP contribution is -2.28. The number of nitrogens with one attached hydrogen (secondary N) is 1. The van der Waals surface area contributed by atoms with Crippen molar-refractivity contribution in [1.82, 2.24) is 9.88 Å². The molecule has 0 radical (unpaired) electrons. The Morgan fingerprint density at radius 2 is 2.08 bits per heavy atom. The largest absolute Gasteiger partial charge is 0.496 e. The SMILES string of the molecule is COc1ccc(Cl)cc1C(=O)NCC(O)c1ccc2c(ccn2C)c1. The number of carbonyl (C=O) groups excluding carboxylic acids is 1. The zero-order valence-electron chi connectivity index (χ0n) is 14.0. The Bertz CT molecular complexity index is 920. The molecule has 5 nitrogen and oxygen atoms in total. The molecule has 3 rings (SSSR count). The zero-order chi connectivity index (χ0) is 18.0. The molecule has 130 valence electrons. The van der Waals surface area contributed by atoms with Gasteiger partial charge in [0.05, 0.1) is 18.8 Å². The lowest BCUT2D eigenvalue weighted by Gasteiger charge is -2.14. The maximum atomic E-state index is 12.4. The molecule has 1 heterocycles. The molecule has 0 aliphatic heterocycles. The first-order chi connectivity index (χ1) is 12.0. The number of fused-ring (bicyclic) bond motifs is 1. The van der Waals surface area contributed by atoms with Crippen molar-refractivity contribution in [2.75, 3.05) is 13.7 Å². The van der Waals surface area contributed by atoms with Crippen LogP contribution in [0.4, 0.5) is 0 Å². The Kier molecular flexibility index (Phi) is 4.97. The van der Waals surface area contributed by atoms with E-state index in [1.54, 1.807) is 12.1 Å². The Morgan fingerprint density at radius 3 is 2.84 bits per heavy atom. The summed E-state index contributed by atoms with van der Waals surface area (Å²) >= 11 is 5.95. The molecule has 0 bridgehead atoms. The average molecular weight is 359 g/mol. The van der Waals surface area contributed by atoms with E-state index in [1.165, 1.54) is 13.2 Å². The van der Waals surface area contributed by atoms with Crippen molar-refractivity contribution in [3.05, 3.63) is 64.8 Å². The molecule has 6 heteroatoms. The topological polar surface area (TPSA) is 63.5 Å². The lowest BCUT2D eigenvalue weighted by atomic mass is 10.1. The third-order valence-electron chi connectivity index (χ3n) is 4.16. The fourth-order valence-electron chi connectivity index (χ4n) is 2.77. The Labute approximate surface area is 150 Å². The normalized spacial score (nSPS) is 12.2. The van der Waals surface area contributed by atoms with Gasteiger partial charge in [-0.15, -0.1) is 0 Å². The van der Waals surface area contributed by atoms with Gasteiger partial charge in [0.1, 0.15) is 5.75 Å². The molecule has 2 aromatic carbocycles. The molecule has 1 unspecified atom stereocenters. The van der Waals surface area contributed by atoms with Crippen LogP contribution >= 0.6 is 11.6 Å². The van der Waals surface area contributed by atoms with Crippen molar-refractivity contribution in [2.24, 2.45) is 7.05 Å². The van der Waals surface area contributed by atoms with Gasteiger partial charge in [-0.3, -0.25) is 4.79 Å². The third-order valence-corrected chi connectivity index (χ3v) is 4.39. The summed E-state index contributed by atoms with van der Waals surface area (Å²) in [4.78, 5) is 12.4. The number of carbonyl (C=O) groups is 1. The highest BCUT2D eigenvalue weighted by atomic mass is 35.5. The van der Waals surface area contributed by atoms with E-state index in [0.717, 1.165) is 16.5 Å². The number of nitrogens with zero attached hydrogens (tertiary/aromatic N) is 1. The number of aryl methyl sites for hydroxylation is 1. The predicted octanol–water partition coefficient (Wildman–Crippen LogP) is 3.30. The van der Waals surface area contributed by atoms with Crippen molar-refractivity contribution < 1.29 is 14.6 Å². The third kappa shape index (κ3) is 3.62. The summed E-state index contributed by atoms with van der Waals surface area (Å²) in [5, 5.41) is 14.6. The monoisotopic (exact) mass is 358 g/mol. The van der Waals surface area contributed by atoms with E-state index in [2.05, 4.69) is 5.32 Å². The van der Waals surface area contributed by atoms with Crippen LogP contribution in [-0.4, -0.2) is 29.2 Å². The van der Waals surface area contributed by atoms with Crippen LogP contribution in [0.2, 0.25) is 5.02 Å². The van der Waals surface area contributed by atoms with Crippen LogP contribution in [0.25, 0.3) is 10.9 Å². The Balaban J connectivity index is 1.71. The number of ether oxygens (including phenoxy) is 1. The minimum absolute atomic E-state index is 0.0901. The molecule has 0 saturated carbocycles. The molecular weight excluding hydrogens is 340 g/mol. The van der Waals surface area contributed by atoms with Crippen molar-refractivity contribution in [3.8, 4) is 5.75 Å². The quantitative estimate of drug-likeness (QED) is 0.735. The second kappa shape index (κ2) is 7.17. The minimum atomic E-state index is -0.807. The van der Waals surface area contributed by atoms with Crippen molar-refractivity contribution in [1.29, 1.82) is 0 Å². The molecule has 1 amide bonds. The second-order valence-corrected chi connectivity index (χ2v) is 6.25. The molecule has 0 aliphatic carbocycles. The van der Waals surface area contributed by atoms with Gasteiger partial charge in [-0.05, 0) is 47.3 Å². The van der Waals surface area contributed by atoms with Crippen molar-refractivity contribution in [2.45, 2.75) is 6.10 Å². The Hall–Kier alpha value is -2.50. The van der Waals surface area contributed by atoms with E-state index in [0.29, 0.717) is 16.3 Å². The summed E-state index contributed by atoms with van der Waals surface area (Å²) in [7, 11) is 3.46. The van der Waals surface area contributed by atoms with Gasteiger partial charge in [-0.25, -0.2) is 0 Å². The number of aromatic nitrogens is 1. The highest BCUT2D eigenvalue weighted by Crippen LogP contribution is 2.23. The first-order valence-corrected chi connectivity index (χ1v) is 8.22. The van der Waals surface area contributed by atoms with Crippen LogP contribution in [0, 0.1) is 0 Å². The fourth-order valence-corrected chi connectivity index (χ4v) is 2.94. The summed E-state index contributed by atoms with van der Waals surface area (Å²) in [6, 6.07) is 12.6. The molecule has 1 atom stereocenters. The highest BCUT2D eigenvalue weighted by Gasteiger charge is 2.15. The summed E-state index contributed by atoms with van der Waals surface area (Å²) < 4.78 is 7.19. The van der Waals surface area contributed by atoms with Gasteiger partial charge in [0, 0.05) is 30.3 Å². The van der Waals surface area contributed by atoms with Crippen molar-refractivity contribution in [3.63, 3.8) is 0 Å². The van der Waals surface area contributed by atoms with Crippen LogP contribution < -0.4 is 10.1 Å². The van der Waals surface area contributed by atoms with Gasteiger partial charge in [0.25, 0.3) is 5.91 Å². The van der Waals surface area contributed by atoms with Gasteiger partial charge in [0.2, 0.25) is 0 Å². The van der Waals surface area contributed by atoms with Gasteiger partial charge >= 0.3 is 0 Å². The van der Waals surface area contributed by atoms with Crippen LogP contribution in [0.1, 0.15) is 22.0 Å². The summed E-state index contributed by atoms with van der Waals surface area (Å²) in [6.07, 6.45) is 1.16. The van der Waals surface area contributed by atoms with Crippen molar-refractivity contribution >= 4 is 28.4 Å². The van der Waals surface area contributed by atoms with Gasteiger partial charge in [-0.1, -0.05) is 17.7 Å². The zero-order valence-corrected chi connectivity index (χ0v) is 14.7. The van der Waals surface area contributed by atoms with Crippen LogP contribution in [0.15, 0.2) is 48.7 Å².